The molecule has 4 rings (SSSR count). The molecule has 1 fully saturated rings. The summed E-state index contributed by atoms with van der Waals surface area (Å²) in [6.07, 6.45) is 0. The maximum absolute atomic E-state index is 12.2. The summed E-state index contributed by atoms with van der Waals surface area (Å²) in [6.45, 7) is 2.70. The SMILES string of the molecule is CN1CCNCC1c1noc(-c2cccc(NC(=O)c3cccs3)c2)n1.Cl. The number of piperazine rings is 1. The lowest BCUT2D eigenvalue weighted by molar-refractivity contribution is 0.103. The maximum atomic E-state index is 12.2. The first kappa shape index (κ1) is 19.5. The average molecular weight is 406 g/mol. The number of nitrogens with zero attached hydrogens (tertiary/aromatic N) is 3. The van der Waals surface area contributed by atoms with Crippen LogP contribution in [0.4, 0.5) is 5.69 Å². The quantitative estimate of drug-likeness (QED) is 0.694. The molecular weight excluding hydrogens is 386 g/mol. The highest BCUT2D eigenvalue weighted by Crippen LogP contribution is 2.25. The van der Waals surface area contributed by atoms with Crippen LogP contribution < -0.4 is 10.6 Å². The molecule has 2 aromatic heterocycles. The van der Waals surface area contributed by atoms with Crippen LogP contribution >= 0.6 is 23.7 Å². The Morgan fingerprint density at radius 2 is 2.26 bits per heavy atom. The van der Waals surface area contributed by atoms with Gasteiger partial charge in [-0.1, -0.05) is 17.3 Å². The van der Waals surface area contributed by atoms with E-state index in [2.05, 4.69) is 32.7 Å². The number of anilines is 1. The third-order valence-electron chi connectivity index (χ3n) is 4.36. The van der Waals surface area contributed by atoms with Crippen molar-refractivity contribution in [3.63, 3.8) is 0 Å². The van der Waals surface area contributed by atoms with Crippen LogP contribution in [-0.2, 0) is 0 Å². The van der Waals surface area contributed by atoms with E-state index in [4.69, 9.17) is 4.52 Å². The molecule has 7 nitrogen and oxygen atoms in total. The molecular formula is C18H20ClN5O2S. The fraction of sp³-hybridized carbons (Fsp3) is 0.278. The number of nitrogens with one attached hydrogen (secondary N) is 2. The Kier molecular flexibility index (Phi) is 6.22. The number of rotatable bonds is 4. The lowest BCUT2D eigenvalue weighted by atomic mass is 10.2. The normalized spacial score (nSPS) is 17.3. The number of likely N-dealkylation sites (N-methyl/N-ethyl adjacent to an activating group) is 1. The van der Waals surface area contributed by atoms with Gasteiger partial charge in [-0.25, -0.2) is 0 Å². The van der Waals surface area contributed by atoms with Gasteiger partial charge in [0.25, 0.3) is 11.8 Å². The molecule has 27 heavy (non-hydrogen) atoms. The minimum Gasteiger partial charge on any atom is -0.334 e. The lowest BCUT2D eigenvalue weighted by Gasteiger charge is -2.30. The molecule has 1 aliphatic rings. The largest absolute Gasteiger partial charge is 0.334 e. The second kappa shape index (κ2) is 8.62. The van der Waals surface area contributed by atoms with Crippen LogP contribution in [0.3, 0.4) is 0 Å². The third-order valence-corrected chi connectivity index (χ3v) is 5.23. The first-order chi connectivity index (χ1) is 12.7. The summed E-state index contributed by atoms with van der Waals surface area (Å²) >= 11 is 1.41. The Bertz CT molecular complexity index is 899. The number of hydrogen-bond acceptors (Lipinski definition) is 7. The van der Waals surface area contributed by atoms with Crippen molar-refractivity contribution in [2.45, 2.75) is 6.04 Å². The molecule has 1 atom stereocenters. The molecule has 9 heteroatoms. The summed E-state index contributed by atoms with van der Waals surface area (Å²) in [4.78, 5) is 19.6. The average Bonchev–Trinajstić information content (AvgIpc) is 3.35. The van der Waals surface area contributed by atoms with Crippen molar-refractivity contribution in [3.05, 3.63) is 52.5 Å². The van der Waals surface area contributed by atoms with Crippen molar-refractivity contribution < 1.29 is 9.32 Å². The molecule has 1 saturated heterocycles. The van der Waals surface area contributed by atoms with Crippen molar-refractivity contribution in [1.82, 2.24) is 20.4 Å². The van der Waals surface area contributed by atoms with E-state index in [9.17, 15) is 4.79 Å². The van der Waals surface area contributed by atoms with E-state index in [0.717, 1.165) is 25.2 Å². The van der Waals surface area contributed by atoms with Crippen LogP contribution in [0.15, 0.2) is 46.3 Å². The molecule has 0 saturated carbocycles. The number of aromatic nitrogens is 2. The van der Waals surface area contributed by atoms with Crippen LogP contribution in [0.1, 0.15) is 21.5 Å². The van der Waals surface area contributed by atoms with Gasteiger partial charge in [0.1, 0.15) is 0 Å². The van der Waals surface area contributed by atoms with Gasteiger partial charge in [-0.3, -0.25) is 9.69 Å². The van der Waals surface area contributed by atoms with E-state index < -0.39 is 0 Å². The Balaban J connectivity index is 0.00000210. The molecule has 142 valence electrons. The lowest BCUT2D eigenvalue weighted by Crippen LogP contribution is -2.44. The summed E-state index contributed by atoms with van der Waals surface area (Å²) in [5.41, 5.74) is 1.47. The molecule has 0 aliphatic carbocycles. The van der Waals surface area contributed by atoms with Gasteiger partial charge in [-0.2, -0.15) is 4.98 Å². The van der Waals surface area contributed by atoms with E-state index in [1.165, 1.54) is 11.3 Å². The number of halogens is 1. The summed E-state index contributed by atoms with van der Waals surface area (Å²) in [5.74, 6) is 0.993. The molecule has 0 bridgehead atoms. The van der Waals surface area contributed by atoms with E-state index in [-0.39, 0.29) is 24.4 Å². The highest BCUT2D eigenvalue weighted by Gasteiger charge is 2.25. The Hall–Kier alpha value is -2.26. The van der Waals surface area contributed by atoms with Crippen LogP contribution in [0.2, 0.25) is 0 Å². The minimum atomic E-state index is -0.127. The first-order valence-electron chi connectivity index (χ1n) is 8.40. The second-order valence-corrected chi connectivity index (χ2v) is 7.12. The molecule has 1 amide bonds. The first-order valence-corrected chi connectivity index (χ1v) is 9.28. The van der Waals surface area contributed by atoms with Gasteiger partial charge in [-0.05, 0) is 36.7 Å². The van der Waals surface area contributed by atoms with E-state index >= 15 is 0 Å². The zero-order valence-electron chi connectivity index (χ0n) is 14.7. The topological polar surface area (TPSA) is 83.3 Å². The van der Waals surface area contributed by atoms with Gasteiger partial charge >= 0.3 is 0 Å². The molecule has 0 radical (unpaired) electrons. The standard InChI is InChI=1S/C18H19N5O2S.ClH/c1-23-8-7-19-11-14(23)16-21-18(25-22-16)12-4-2-5-13(10-12)20-17(24)15-6-3-9-26-15;/h2-6,9-10,14,19H,7-8,11H2,1H3,(H,20,24);1H. The summed E-state index contributed by atoms with van der Waals surface area (Å²) < 4.78 is 5.46. The summed E-state index contributed by atoms with van der Waals surface area (Å²) in [5, 5.41) is 12.3. The van der Waals surface area contributed by atoms with Gasteiger partial charge < -0.3 is 15.2 Å². The van der Waals surface area contributed by atoms with Gasteiger partial charge in [0.15, 0.2) is 5.82 Å². The summed E-state index contributed by atoms with van der Waals surface area (Å²) in [6, 6.07) is 11.2. The molecule has 1 aliphatic heterocycles. The smallest absolute Gasteiger partial charge is 0.265 e. The van der Waals surface area contributed by atoms with Crippen molar-refractivity contribution in [3.8, 4) is 11.5 Å². The van der Waals surface area contributed by atoms with Gasteiger partial charge in [0.05, 0.1) is 10.9 Å². The molecule has 1 unspecified atom stereocenters. The van der Waals surface area contributed by atoms with Crippen molar-refractivity contribution >= 4 is 35.3 Å². The fourth-order valence-corrected chi connectivity index (χ4v) is 3.53. The predicted molar refractivity (Wildman–Crippen MR) is 107 cm³/mol. The number of hydrogen-bond donors (Lipinski definition) is 2. The van der Waals surface area contributed by atoms with Gasteiger partial charge in [-0.15, -0.1) is 23.7 Å². The van der Waals surface area contributed by atoms with Crippen LogP contribution in [0.25, 0.3) is 11.5 Å². The number of benzene rings is 1. The van der Waals surface area contributed by atoms with E-state index in [1.54, 1.807) is 6.07 Å². The van der Waals surface area contributed by atoms with Crippen LogP contribution in [0, 0.1) is 0 Å². The van der Waals surface area contributed by atoms with Crippen molar-refractivity contribution in [2.24, 2.45) is 0 Å². The highest BCUT2D eigenvalue weighted by molar-refractivity contribution is 7.12. The zero-order chi connectivity index (χ0) is 17.9. The second-order valence-electron chi connectivity index (χ2n) is 6.17. The van der Waals surface area contributed by atoms with Crippen molar-refractivity contribution in [1.29, 1.82) is 0 Å². The Morgan fingerprint density at radius 3 is 3.04 bits per heavy atom. The van der Waals surface area contributed by atoms with Crippen LogP contribution in [-0.4, -0.2) is 47.6 Å². The number of thiophene rings is 1. The highest BCUT2D eigenvalue weighted by atomic mass is 35.5. The zero-order valence-corrected chi connectivity index (χ0v) is 16.3. The molecule has 3 aromatic rings. The third kappa shape index (κ3) is 4.36. The summed E-state index contributed by atoms with van der Waals surface area (Å²) in [7, 11) is 2.06. The number of carbonyl (C=O) groups excluding carboxylic acids is 1. The van der Waals surface area contributed by atoms with E-state index in [0.29, 0.717) is 22.3 Å². The number of carbonyl (C=O) groups is 1. The van der Waals surface area contributed by atoms with E-state index in [1.807, 2.05) is 35.7 Å². The fourth-order valence-electron chi connectivity index (χ4n) is 2.91. The Labute approximate surface area is 167 Å². The maximum Gasteiger partial charge on any atom is 0.265 e. The molecule has 3 heterocycles. The molecule has 0 spiro atoms. The molecule has 1 aromatic carbocycles. The molecule has 2 N–H and O–H groups in total. The minimum absolute atomic E-state index is 0. The monoisotopic (exact) mass is 405 g/mol. The van der Waals surface area contributed by atoms with Gasteiger partial charge in [0, 0.05) is 30.9 Å². The van der Waals surface area contributed by atoms with Crippen molar-refractivity contribution in [2.75, 3.05) is 32.0 Å². The van der Waals surface area contributed by atoms with Gasteiger partial charge in [0.2, 0.25) is 0 Å². The Morgan fingerprint density at radius 1 is 1.37 bits per heavy atom. The number of amides is 1. The predicted octanol–water partition coefficient (Wildman–Crippen LogP) is 3.05. The van der Waals surface area contributed by atoms with Crippen LogP contribution in [0.5, 0.6) is 0 Å².